The number of methoxy groups -OCH3 is 1. The Morgan fingerprint density at radius 3 is 1.97 bits per heavy atom. The Hall–Kier alpha value is -1.65. The Kier molecular flexibility index (Phi) is 10.4. The van der Waals surface area contributed by atoms with E-state index in [1.54, 1.807) is 31.4 Å². The summed E-state index contributed by atoms with van der Waals surface area (Å²) < 4.78 is 59.5. The molecule has 2 saturated carbocycles. The van der Waals surface area contributed by atoms with Crippen LogP contribution in [0.15, 0.2) is 24.3 Å². The van der Waals surface area contributed by atoms with Crippen LogP contribution in [0.5, 0.6) is 5.75 Å². The fraction of sp³-hybridized carbons (Fsp3) is 0.720. The third kappa shape index (κ3) is 9.73. The van der Waals surface area contributed by atoms with Crippen LogP contribution in [0.3, 0.4) is 0 Å². The first-order valence-corrected chi connectivity index (χ1v) is 16.2. The average Bonchev–Trinajstić information content (AvgIpc) is 2.82. The number of rotatable bonds is 12. The molecule has 10 heteroatoms. The van der Waals surface area contributed by atoms with Crippen molar-refractivity contribution in [3.63, 3.8) is 0 Å². The van der Waals surface area contributed by atoms with E-state index in [0.29, 0.717) is 5.75 Å². The van der Waals surface area contributed by atoms with Crippen LogP contribution in [0.25, 0.3) is 0 Å². The molecule has 0 aliphatic heterocycles. The zero-order valence-corrected chi connectivity index (χ0v) is 22.3. The Morgan fingerprint density at radius 1 is 0.886 bits per heavy atom. The lowest BCUT2D eigenvalue weighted by molar-refractivity contribution is -0.122. The highest BCUT2D eigenvalue weighted by Gasteiger charge is 2.32. The molecule has 8 nitrogen and oxygen atoms in total. The van der Waals surface area contributed by atoms with Crippen molar-refractivity contribution in [1.29, 1.82) is 0 Å². The summed E-state index contributed by atoms with van der Waals surface area (Å²) >= 11 is 0. The molecule has 1 atom stereocenters. The van der Waals surface area contributed by atoms with E-state index in [-0.39, 0.29) is 29.9 Å². The first kappa shape index (κ1) is 27.9. The molecule has 0 radical (unpaired) electrons. The predicted octanol–water partition coefficient (Wildman–Crippen LogP) is 3.17. The van der Waals surface area contributed by atoms with E-state index >= 15 is 0 Å². The van der Waals surface area contributed by atoms with Gasteiger partial charge in [-0.15, -0.1) is 0 Å². The summed E-state index contributed by atoms with van der Waals surface area (Å²) in [5.41, 5.74) is 0.799. The lowest BCUT2D eigenvalue weighted by Crippen LogP contribution is -2.51. The van der Waals surface area contributed by atoms with Gasteiger partial charge in [0, 0.05) is 6.54 Å². The number of sulfone groups is 1. The van der Waals surface area contributed by atoms with E-state index < -0.39 is 37.6 Å². The van der Waals surface area contributed by atoms with Crippen molar-refractivity contribution in [2.75, 3.05) is 24.4 Å². The third-order valence-corrected chi connectivity index (χ3v) is 10.5. The molecule has 1 amide bonds. The van der Waals surface area contributed by atoms with Crippen molar-refractivity contribution in [3.8, 4) is 5.75 Å². The largest absolute Gasteiger partial charge is 0.497 e. The highest BCUT2D eigenvalue weighted by Crippen LogP contribution is 2.26. The summed E-state index contributed by atoms with van der Waals surface area (Å²) in [6.07, 6.45) is 9.67. The Bertz CT molecular complexity index is 961. The Morgan fingerprint density at radius 2 is 1.43 bits per heavy atom. The van der Waals surface area contributed by atoms with E-state index in [1.165, 1.54) is 0 Å². The van der Waals surface area contributed by atoms with Crippen LogP contribution in [0, 0.1) is 11.8 Å². The molecule has 2 N–H and O–H groups in total. The fourth-order valence-corrected chi connectivity index (χ4v) is 8.89. The summed E-state index contributed by atoms with van der Waals surface area (Å²) in [7, 11) is -5.88. The monoisotopic (exact) mass is 528 g/mol. The summed E-state index contributed by atoms with van der Waals surface area (Å²) in [6.45, 7) is 0.159. The minimum atomic E-state index is -3.81. The minimum Gasteiger partial charge on any atom is -0.497 e. The van der Waals surface area contributed by atoms with E-state index in [0.717, 1.165) is 69.8 Å². The van der Waals surface area contributed by atoms with Crippen LogP contribution in [-0.2, 0) is 31.2 Å². The first-order chi connectivity index (χ1) is 16.7. The zero-order valence-electron chi connectivity index (χ0n) is 20.7. The van der Waals surface area contributed by atoms with E-state index in [4.69, 9.17) is 4.74 Å². The number of nitrogens with one attached hydrogen (secondary N) is 2. The van der Waals surface area contributed by atoms with E-state index in [9.17, 15) is 21.6 Å². The molecule has 0 aromatic heterocycles. The molecule has 2 aliphatic rings. The second kappa shape index (κ2) is 13.1. The number of hydrogen-bond acceptors (Lipinski definition) is 6. The van der Waals surface area contributed by atoms with Gasteiger partial charge in [-0.1, -0.05) is 50.7 Å². The smallest absolute Gasteiger partial charge is 0.239 e. The average molecular weight is 529 g/mol. The number of hydrogen-bond donors (Lipinski definition) is 2. The number of benzene rings is 1. The fourth-order valence-electron chi connectivity index (χ4n) is 5.18. The maximum absolute atomic E-state index is 13.1. The summed E-state index contributed by atoms with van der Waals surface area (Å²) in [5, 5.41) is 2.72. The number of sulfonamides is 1. The molecule has 2 fully saturated rings. The number of amides is 1. The molecule has 0 bridgehead atoms. The maximum atomic E-state index is 13.1. The van der Waals surface area contributed by atoms with Crippen molar-refractivity contribution >= 4 is 25.8 Å². The Labute approximate surface area is 210 Å². The molecule has 2 aliphatic carbocycles. The number of carbonyl (C=O) groups excluding carboxylic acids is 1. The van der Waals surface area contributed by atoms with Crippen molar-refractivity contribution in [2.45, 2.75) is 76.8 Å². The van der Waals surface area contributed by atoms with Crippen LogP contribution in [0.4, 0.5) is 0 Å². The topological polar surface area (TPSA) is 119 Å². The van der Waals surface area contributed by atoms with Crippen LogP contribution in [0.1, 0.15) is 69.8 Å². The van der Waals surface area contributed by atoms with Crippen LogP contribution >= 0.6 is 0 Å². The van der Waals surface area contributed by atoms with Crippen molar-refractivity contribution in [2.24, 2.45) is 11.8 Å². The van der Waals surface area contributed by atoms with Crippen LogP contribution in [0.2, 0.25) is 0 Å². The quantitative estimate of drug-likeness (QED) is 0.430. The molecule has 3 rings (SSSR count). The molecule has 0 spiro atoms. The summed E-state index contributed by atoms with van der Waals surface area (Å²) in [4.78, 5) is 13.1. The molecular formula is C25H40N2O6S2. The van der Waals surface area contributed by atoms with Gasteiger partial charge in [-0.25, -0.2) is 21.6 Å². The standard InChI is InChI=1S/C25H40N2O6S2/c1-33-23-14-12-20(13-15-23)16-26-25(28)24(19-34(29,30)17-21-8-4-2-5-9-21)27-35(31,32)18-22-10-6-3-7-11-22/h12-15,21-22,24,27H,2-11,16-19H2,1H3,(H,26,28)/t24-/m0/s1. The van der Waals surface area contributed by atoms with Gasteiger partial charge in [0.15, 0.2) is 9.84 Å². The van der Waals surface area contributed by atoms with Gasteiger partial charge in [0.1, 0.15) is 11.8 Å². The van der Waals surface area contributed by atoms with Gasteiger partial charge in [-0.05, 0) is 55.2 Å². The molecule has 198 valence electrons. The normalized spacial score (nSPS) is 19.2. The zero-order chi connectivity index (χ0) is 25.3. The van der Waals surface area contributed by atoms with Gasteiger partial charge in [0.05, 0.1) is 24.4 Å². The first-order valence-electron chi connectivity index (χ1n) is 12.8. The molecule has 35 heavy (non-hydrogen) atoms. The van der Waals surface area contributed by atoms with Gasteiger partial charge < -0.3 is 10.1 Å². The lowest BCUT2D eigenvalue weighted by atomic mass is 9.91. The SMILES string of the molecule is COc1ccc(CNC(=O)[C@H](CS(=O)(=O)CC2CCCCC2)NS(=O)(=O)CC2CCCCC2)cc1. The molecule has 0 unspecified atom stereocenters. The molecule has 1 aromatic carbocycles. The number of carbonyl (C=O) groups is 1. The van der Waals surface area contributed by atoms with Gasteiger partial charge in [0.2, 0.25) is 15.9 Å². The molecule has 1 aromatic rings. The van der Waals surface area contributed by atoms with Crippen molar-refractivity contribution in [3.05, 3.63) is 29.8 Å². The summed E-state index contributed by atoms with van der Waals surface area (Å²) in [5.74, 6) is -0.416. The number of ether oxygens (including phenoxy) is 1. The van der Waals surface area contributed by atoms with Gasteiger partial charge in [0.25, 0.3) is 0 Å². The van der Waals surface area contributed by atoms with Crippen LogP contribution < -0.4 is 14.8 Å². The maximum Gasteiger partial charge on any atom is 0.239 e. The highest BCUT2D eigenvalue weighted by molar-refractivity contribution is 7.91. The molecule has 0 heterocycles. The Balaban J connectivity index is 1.68. The summed E-state index contributed by atoms with van der Waals surface area (Å²) in [6, 6.07) is 5.76. The molecule has 0 saturated heterocycles. The van der Waals surface area contributed by atoms with Gasteiger partial charge in [-0.3, -0.25) is 4.79 Å². The molecular weight excluding hydrogens is 488 g/mol. The minimum absolute atomic E-state index is 0.000384. The third-order valence-electron chi connectivity index (χ3n) is 7.08. The van der Waals surface area contributed by atoms with Crippen molar-refractivity contribution < 1.29 is 26.4 Å². The van der Waals surface area contributed by atoms with Crippen molar-refractivity contribution in [1.82, 2.24) is 10.0 Å². The predicted molar refractivity (Wildman–Crippen MR) is 137 cm³/mol. The van der Waals surface area contributed by atoms with Gasteiger partial charge >= 0.3 is 0 Å². The highest BCUT2D eigenvalue weighted by atomic mass is 32.2. The second-order valence-electron chi connectivity index (χ2n) is 10.1. The second-order valence-corrected chi connectivity index (χ2v) is 14.1. The van der Waals surface area contributed by atoms with Crippen LogP contribution in [-0.4, -0.2) is 53.2 Å². The lowest BCUT2D eigenvalue weighted by Gasteiger charge is -2.25. The van der Waals surface area contributed by atoms with Gasteiger partial charge in [-0.2, -0.15) is 0 Å². The van der Waals surface area contributed by atoms with E-state index in [2.05, 4.69) is 10.0 Å². The van der Waals surface area contributed by atoms with E-state index in [1.807, 2.05) is 0 Å².